The van der Waals surface area contributed by atoms with Gasteiger partial charge < -0.3 is 14.2 Å². The fraction of sp³-hybridized carbons (Fsp3) is 0.296. The molecule has 7 nitrogen and oxygen atoms in total. The third kappa shape index (κ3) is 4.90. The molecular formula is C27H27BrN2O5S. The second-order valence-electron chi connectivity index (χ2n) is 8.15. The number of thiazole rings is 1. The van der Waals surface area contributed by atoms with Gasteiger partial charge in [0.05, 0.1) is 42.2 Å². The summed E-state index contributed by atoms with van der Waals surface area (Å²) in [5.41, 5.74) is 3.29. The number of nitrogens with zero attached hydrogens (tertiary/aromatic N) is 2. The number of halogens is 1. The lowest BCUT2D eigenvalue weighted by Gasteiger charge is -2.25. The highest BCUT2D eigenvalue weighted by molar-refractivity contribution is 9.10. The predicted molar refractivity (Wildman–Crippen MR) is 143 cm³/mol. The van der Waals surface area contributed by atoms with Crippen molar-refractivity contribution in [2.45, 2.75) is 33.7 Å². The van der Waals surface area contributed by atoms with Crippen LogP contribution in [0.5, 0.6) is 11.5 Å². The molecule has 0 aliphatic carbocycles. The van der Waals surface area contributed by atoms with Gasteiger partial charge in [-0.2, -0.15) is 0 Å². The van der Waals surface area contributed by atoms with Crippen LogP contribution in [0, 0.1) is 6.92 Å². The van der Waals surface area contributed by atoms with Crippen LogP contribution in [0.4, 0.5) is 0 Å². The van der Waals surface area contributed by atoms with Gasteiger partial charge in [0.25, 0.3) is 5.56 Å². The summed E-state index contributed by atoms with van der Waals surface area (Å²) < 4.78 is 19.6. The molecular weight excluding hydrogens is 544 g/mol. The number of hydrogen-bond acceptors (Lipinski definition) is 7. The van der Waals surface area contributed by atoms with E-state index in [0.717, 1.165) is 15.6 Å². The van der Waals surface area contributed by atoms with Crippen LogP contribution in [0.3, 0.4) is 0 Å². The van der Waals surface area contributed by atoms with Crippen molar-refractivity contribution in [2.75, 3.05) is 20.3 Å². The maximum atomic E-state index is 13.8. The molecule has 1 aliphatic heterocycles. The highest BCUT2D eigenvalue weighted by Crippen LogP contribution is 2.36. The Balaban J connectivity index is 1.96. The summed E-state index contributed by atoms with van der Waals surface area (Å²) in [4.78, 5) is 32.0. The first-order chi connectivity index (χ1) is 17.3. The second-order valence-corrected chi connectivity index (χ2v) is 10.0. The number of ether oxygens (including phenoxy) is 3. The maximum absolute atomic E-state index is 13.8. The summed E-state index contributed by atoms with van der Waals surface area (Å²) in [6.07, 6.45) is 1.84. The van der Waals surface area contributed by atoms with Crippen molar-refractivity contribution >= 4 is 39.3 Å². The monoisotopic (exact) mass is 570 g/mol. The van der Waals surface area contributed by atoms with Crippen LogP contribution in [-0.2, 0) is 9.53 Å². The Bertz CT molecular complexity index is 1540. The minimum Gasteiger partial charge on any atom is -0.493 e. The van der Waals surface area contributed by atoms with Gasteiger partial charge in [0.15, 0.2) is 16.3 Å². The summed E-state index contributed by atoms with van der Waals surface area (Å²) in [6.45, 7) is 8.05. The molecule has 0 saturated heterocycles. The Morgan fingerprint density at radius 1 is 1.14 bits per heavy atom. The van der Waals surface area contributed by atoms with Crippen molar-refractivity contribution in [1.29, 1.82) is 0 Å². The molecule has 0 N–H and O–H groups in total. The van der Waals surface area contributed by atoms with Gasteiger partial charge >= 0.3 is 5.97 Å². The van der Waals surface area contributed by atoms with E-state index < -0.39 is 12.0 Å². The van der Waals surface area contributed by atoms with E-state index >= 15 is 0 Å². The summed E-state index contributed by atoms with van der Waals surface area (Å²) >= 11 is 4.84. The van der Waals surface area contributed by atoms with Gasteiger partial charge in [-0.3, -0.25) is 9.36 Å². The number of aromatic nitrogens is 1. The first-order valence-electron chi connectivity index (χ1n) is 11.6. The van der Waals surface area contributed by atoms with E-state index in [9.17, 15) is 9.59 Å². The number of hydrogen-bond donors (Lipinski definition) is 0. The van der Waals surface area contributed by atoms with Crippen molar-refractivity contribution < 1.29 is 19.0 Å². The van der Waals surface area contributed by atoms with Crippen molar-refractivity contribution in [3.05, 3.63) is 88.5 Å². The van der Waals surface area contributed by atoms with E-state index in [4.69, 9.17) is 14.2 Å². The van der Waals surface area contributed by atoms with Gasteiger partial charge in [0, 0.05) is 4.47 Å². The first-order valence-corrected chi connectivity index (χ1v) is 13.2. The number of fused-ring (bicyclic) bond motifs is 1. The summed E-state index contributed by atoms with van der Waals surface area (Å²) in [7, 11) is 1.57. The minimum atomic E-state index is -0.725. The van der Waals surface area contributed by atoms with E-state index in [0.29, 0.717) is 44.3 Å². The smallest absolute Gasteiger partial charge is 0.338 e. The average molecular weight is 571 g/mol. The average Bonchev–Trinajstić information content (AvgIpc) is 3.15. The molecule has 188 valence electrons. The van der Waals surface area contributed by atoms with Crippen LogP contribution in [-0.4, -0.2) is 30.9 Å². The normalized spacial score (nSPS) is 15.4. The van der Waals surface area contributed by atoms with Crippen LogP contribution >= 0.6 is 27.3 Å². The molecule has 3 aromatic rings. The summed E-state index contributed by atoms with van der Waals surface area (Å²) in [6, 6.07) is 10.6. The van der Waals surface area contributed by atoms with E-state index in [1.165, 1.54) is 11.3 Å². The fourth-order valence-corrected chi connectivity index (χ4v) is 5.53. The van der Waals surface area contributed by atoms with Crippen LogP contribution in [0.1, 0.15) is 43.5 Å². The SMILES string of the molecule is CCOC(=O)C1=C(C)N=c2s/c(=C/c3ccc(C)c(Br)c3)c(=O)n2C1c1ccc(OC)c(OCC)c1. The van der Waals surface area contributed by atoms with Crippen LogP contribution in [0.2, 0.25) is 0 Å². The predicted octanol–water partition coefficient (Wildman–Crippen LogP) is 4.28. The number of rotatable bonds is 7. The van der Waals surface area contributed by atoms with Gasteiger partial charge in [0.1, 0.15) is 0 Å². The van der Waals surface area contributed by atoms with Crippen molar-refractivity contribution in [1.82, 2.24) is 4.57 Å². The van der Waals surface area contributed by atoms with E-state index in [1.54, 1.807) is 37.7 Å². The molecule has 1 aromatic heterocycles. The third-order valence-electron chi connectivity index (χ3n) is 5.81. The van der Waals surface area contributed by atoms with Crippen LogP contribution in [0.25, 0.3) is 6.08 Å². The molecule has 0 saturated carbocycles. The number of aryl methyl sites for hydroxylation is 1. The molecule has 0 spiro atoms. The molecule has 1 aliphatic rings. The molecule has 0 amide bonds. The van der Waals surface area contributed by atoms with Crippen molar-refractivity contribution in [2.24, 2.45) is 4.99 Å². The summed E-state index contributed by atoms with van der Waals surface area (Å²) in [5.74, 6) is 0.590. The quantitative estimate of drug-likeness (QED) is 0.396. The zero-order chi connectivity index (χ0) is 26.0. The minimum absolute atomic E-state index is 0.210. The number of methoxy groups -OCH3 is 1. The van der Waals surface area contributed by atoms with Gasteiger partial charge in [0.2, 0.25) is 0 Å². The maximum Gasteiger partial charge on any atom is 0.338 e. The molecule has 2 heterocycles. The number of benzene rings is 2. The van der Waals surface area contributed by atoms with E-state index in [2.05, 4.69) is 20.9 Å². The Morgan fingerprint density at radius 3 is 2.58 bits per heavy atom. The molecule has 0 radical (unpaired) electrons. The summed E-state index contributed by atoms with van der Waals surface area (Å²) in [5, 5.41) is 0. The standard InChI is InChI=1S/C27H27BrN2O5S/c1-6-34-21-14-18(10-11-20(21)33-5)24-23(26(32)35-7-2)16(4)29-27-30(24)25(31)22(36-27)13-17-9-8-15(3)19(28)12-17/h8-14,24H,6-7H2,1-5H3/b22-13+. The van der Waals surface area contributed by atoms with Crippen LogP contribution < -0.4 is 24.4 Å². The molecule has 0 fully saturated rings. The first kappa shape index (κ1) is 25.9. The highest BCUT2D eigenvalue weighted by atomic mass is 79.9. The Labute approximate surface area is 221 Å². The molecule has 1 atom stereocenters. The number of carbonyl (C=O) groups is 1. The molecule has 2 aromatic carbocycles. The van der Waals surface area contributed by atoms with Gasteiger partial charge in [-0.05, 0) is 68.7 Å². The fourth-order valence-electron chi connectivity index (χ4n) is 4.09. The van der Waals surface area contributed by atoms with E-state index in [-0.39, 0.29) is 12.2 Å². The van der Waals surface area contributed by atoms with E-state index in [1.807, 2.05) is 44.2 Å². The topological polar surface area (TPSA) is 79.1 Å². The molecule has 36 heavy (non-hydrogen) atoms. The second kappa shape index (κ2) is 10.8. The van der Waals surface area contributed by atoms with Gasteiger partial charge in [-0.15, -0.1) is 0 Å². The van der Waals surface area contributed by atoms with Crippen LogP contribution in [0.15, 0.2) is 61.9 Å². The Morgan fingerprint density at radius 2 is 1.92 bits per heavy atom. The third-order valence-corrected chi connectivity index (χ3v) is 7.65. The zero-order valence-electron chi connectivity index (χ0n) is 20.8. The Hall–Kier alpha value is -3.17. The van der Waals surface area contributed by atoms with Crippen molar-refractivity contribution in [3.8, 4) is 11.5 Å². The Kier molecular flexibility index (Phi) is 7.80. The van der Waals surface area contributed by atoms with Gasteiger partial charge in [-0.1, -0.05) is 45.5 Å². The lowest BCUT2D eigenvalue weighted by molar-refractivity contribution is -0.139. The van der Waals surface area contributed by atoms with Gasteiger partial charge in [-0.25, -0.2) is 9.79 Å². The number of carbonyl (C=O) groups excluding carboxylic acids is 1. The number of allylic oxidation sites excluding steroid dienone is 1. The number of esters is 1. The molecule has 1 unspecified atom stereocenters. The molecule has 0 bridgehead atoms. The molecule has 4 rings (SSSR count). The lowest BCUT2D eigenvalue weighted by atomic mass is 9.95. The van der Waals surface area contributed by atoms with Crippen molar-refractivity contribution in [3.63, 3.8) is 0 Å². The largest absolute Gasteiger partial charge is 0.493 e. The lowest BCUT2D eigenvalue weighted by Crippen LogP contribution is -2.40. The highest BCUT2D eigenvalue weighted by Gasteiger charge is 2.34. The molecule has 9 heteroatoms. The zero-order valence-corrected chi connectivity index (χ0v) is 23.2.